The molecule has 1 amide bonds. The number of carbonyl (C=O) groups excluding carboxylic acids is 1. The molecule has 0 aliphatic heterocycles. The standard InChI is InChI=1S/C21H19Cl2N5O2/c1-13-20(23)14(2)28(26-13)12-18-7-8-19(30-18)21(29)25-17-9-24-27(11-17)10-15-3-5-16(22)6-4-15/h3-9,11H,10,12H2,1-2H3,(H,25,29). The van der Waals surface area contributed by atoms with E-state index >= 15 is 0 Å². The molecule has 3 heterocycles. The van der Waals surface area contributed by atoms with Crippen LogP contribution in [0.3, 0.4) is 0 Å². The molecule has 0 radical (unpaired) electrons. The Kier molecular flexibility index (Phi) is 5.65. The molecular weight excluding hydrogens is 425 g/mol. The number of furan rings is 1. The van der Waals surface area contributed by atoms with Crippen LogP contribution in [0.25, 0.3) is 0 Å². The molecule has 9 heteroatoms. The Morgan fingerprint density at radius 2 is 1.87 bits per heavy atom. The summed E-state index contributed by atoms with van der Waals surface area (Å²) in [6.45, 7) is 4.70. The zero-order chi connectivity index (χ0) is 21.3. The Morgan fingerprint density at radius 1 is 1.10 bits per heavy atom. The summed E-state index contributed by atoms with van der Waals surface area (Å²) in [6.07, 6.45) is 3.35. The Bertz CT molecular complexity index is 1190. The monoisotopic (exact) mass is 443 g/mol. The Hall–Kier alpha value is -3.03. The summed E-state index contributed by atoms with van der Waals surface area (Å²) in [5, 5.41) is 12.8. The van der Waals surface area contributed by atoms with E-state index in [1.165, 1.54) is 0 Å². The number of nitrogens with zero attached hydrogens (tertiary/aromatic N) is 4. The van der Waals surface area contributed by atoms with Gasteiger partial charge in [-0.15, -0.1) is 0 Å². The first-order valence-electron chi connectivity index (χ1n) is 9.25. The average Bonchev–Trinajstić information content (AvgIpc) is 3.42. The van der Waals surface area contributed by atoms with Gasteiger partial charge in [0.2, 0.25) is 0 Å². The van der Waals surface area contributed by atoms with E-state index in [0.717, 1.165) is 17.0 Å². The second-order valence-corrected chi connectivity index (χ2v) is 7.73. The number of hydrogen-bond acceptors (Lipinski definition) is 4. The number of halogens is 2. The van der Waals surface area contributed by atoms with Gasteiger partial charge in [0.15, 0.2) is 5.76 Å². The van der Waals surface area contributed by atoms with E-state index in [1.807, 2.05) is 38.1 Å². The van der Waals surface area contributed by atoms with Gasteiger partial charge in [-0.2, -0.15) is 10.2 Å². The van der Waals surface area contributed by atoms with Gasteiger partial charge in [-0.3, -0.25) is 14.2 Å². The van der Waals surface area contributed by atoms with E-state index < -0.39 is 0 Å². The van der Waals surface area contributed by atoms with Crippen molar-refractivity contribution in [2.24, 2.45) is 0 Å². The lowest BCUT2D eigenvalue weighted by Gasteiger charge is -2.03. The van der Waals surface area contributed by atoms with E-state index in [2.05, 4.69) is 15.5 Å². The summed E-state index contributed by atoms with van der Waals surface area (Å²) in [5.41, 5.74) is 3.25. The molecule has 1 aromatic carbocycles. The third-order valence-electron chi connectivity index (χ3n) is 4.63. The number of aryl methyl sites for hydroxylation is 1. The topological polar surface area (TPSA) is 77.9 Å². The fourth-order valence-electron chi connectivity index (χ4n) is 3.05. The van der Waals surface area contributed by atoms with Crippen LogP contribution in [-0.4, -0.2) is 25.5 Å². The molecule has 7 nitrogen and oxygen atoms in total. The Labute approximate surface area is 183 Å². The first-order chi connectivity index (χ1) is 14.4. The van der Waals surface area contributed by atoms with Crippen molar-refractivity contribution < 1.29 is 9.21 Å². The first-order valence-corrected chi connectivity index (χ1v) is 10.0. The van der Waals surface area contributed by atoms with Crippen molar-refractivity contribution in [3.8, 4) is 0 Å². The van der Waals surface area contributed by atoms with Gasteiger partial charge < -0.3 is 9.73 Å². The predicted octanol–water partition coefficient (Wildman–Crippen LogP) is 4.95. The van der Waals surface area contributed by atoms with E-state index in [-0.39, 0.29) is 11.7 Å². The maximum atomic E-state index is 12.5. The molecule has 154 valence electrons. The summed E-state index contributed by atoms with van der Waals surface area (Å²) in [6, 6.07) is 10.9. The number of anilines is 1. The quantitative estimate of drug-likeness (QED) is 0.457. The molecule has 3 aromatic heterocycles. The van der Waals surface area contributed by atoms with Crippen molar-refractivity contribution in [3.05, 3.63) is 87.3 Å². The highest BCUT2D eigenvalue weighted by Crippen LogP contribution is 2.21. The molecule has 0 saturated carbocycles. The van der Waals surface area contributed by atoms with Gasteiger partial charge in [0, 0.05) is 11.2 Å². The van der Waals surface area contributed by atoms with Gasteiger partial charge in [-0.05, 0) is 43.7 Å². The van der Waals surface area contributed by atoms with Crippen LogP contribution in [0.15, 0.2) is 53.2 Å². The van der Waals surface area contributed by atoms with Crippen molar-refractivity contribution in [1.82, 2.24) is 19.6 Å². The smallest absolute Gasteiger partial charge is 0.291 e. The number of carbonyl (C=O) groups is 1. The second kappa shape index (κ2) is 8.38. The first kappa shape index (κ1) is 20.3. The van der Waals surface area contributed by atoms with Gasteiger partial charge >= 0.3 is 0 Å². The number of benzene rings is 1. The lowest BCUT2D eigenvalue weighted by atomic mass is 10.2. The zero-order valence-corrected chi connectivity index (χ0v) is 17.9. The molecule has 0 bridgehead atoms. The lowest BCUT2D eigenvalue weighted by Crippen LogP contribution is -2.10. The summed E-state index contributed by atoms with van der Waals surface area (Å²) < 4.78 is 9.17. The van der Waals surface area contributed by atoms with E-state index in [9.17, 15) is 4.79 Å². The third-order valence-corrected chi connectivity index (χ3v) is 5.43. The number of hydrogen-bond donors (Lipinski definition) is 1. The van der Waals surface area contributed by atoms with Crippen LogP contribution >= 0.6 is 23.2 Å². The number of amides is 1. The second-order valence-electron chi connectivity index (χ2n) is 6.92. The number of rotatable bonds is 6. The molecule has 0 fully saturated rings. The number of aromatic nitrogens is 4. The van der Waals surface area contributed by atoms with Gasteiger partial charge in [0.1, 0.15) is 5.76 Å². The highest BCUT2D eigenvalue weighted by Gasteiger charge is 2.15. The average molecular weight is 444 g/mol. The molecule has 0 saturated heterocycles. The van der Waals surface area contributed by atoms with Crippen LogP contribution < -0.4 is 5.32 Å². The van der Waals surface area contributed by atoms with E-state index in [0.29, 0.717) is 34.6 Å². The van der Waals surface area contributed by atoms with Crippen molar-refractivity contribution in [3.63, 3.8) is 0 Å². The zero-order valence-electron chi connectivity index (χ0n) is 16.4. The molecule has 0 unspecified atom stereocenters. The van der Waals surface area contributed by atoms with Crippen LogP contribution in [0, 0.1) is 13.8 Å². The highest BCUT2D eigenvalue weighted by atomic mass is 35.5. The third kappa shape index (κ3) is 4.42. The van der Waals surface area contributed by atoms with Crippen LogP contribution in [0.5, 0.6) is 0 Å². The summed E-state index contributed by atoms with van der Waals surface area (Å²) in [4.78, 5) is 12.5. The normalized spacial score (nSPS) is 11.1. The van der Waals surface area contributed by atoms with Crippen molar-refractivity contribution >= 4 is 34.8 Å². The summed E-state index contributed by atoms with van der Waals surface area (Å²) >= 11 is 12.1. The van der Waals surface area contributed by atoms with Crippen LogP contribution in [0.1, 0.15) is 33.3 Å². The molecule has 1 N–H and O–H groups in total. The van der Waals surface area contributed by atoms with E-state index in [1.54, 1.807) is 33.9 Å². The van der Waals surface area contributed by atoms with Crippen LogP contribution in [-0.2, 0) is 13.1 Å². The molecule has 0 aliphatic rings. The fourth-order valence-corrected chi connectivity index (χ4v) is 3.31. The van der Waals surface area contributed by atoms with Gasteiger partial charge in [0.05, 0.1) is 41.4 Å². The Morgan fingerprint density at radius 3 is 2.57 bits per heavy atom. The van der Waals surface area contributed by atoms with Crippen molar-refractivity contribution in [2.75, 3.05) is 5.32 Å². The molecule has 4 rings (SSSR count). The van der Waals surface area contributed by atoms with Crippen LogP contribution in [0.2, 0.25) is 10.0 Å². The van der Waals surface area contributed by atoms with Crippen molar-refractivity contribution in [2.45, 2.75) is 26.9 Å². The molecule has 4 aromatic rings. The minimum Gasteiger partial charge on any atom is -0.454 e. The highest BCUT2D eigenvalue weighted by molar-refractivity contribution is 6.31. The SMILES string of the molecule is Cc1nn(Cc2ccc(C(=O)Nc3cnn(Cc4ccc(Cl)cc4)c3)o2)c(C)c1Cl. The van der Waals surface area contributed by atoms with E-state index in [4.69, 9.17) is 27.6 Å². The lowest BCUT2D eigenvalue weighted by molar-refractivity contribution is 0.0994. The summed E-state index contributed by atoms with van der Waals surface area (Å²) in [7, 11) is 0. The van der Waals surface area contributed by atoms with Crippen molar-refractivity contribution in [1.29, 1.82) is 0 Å². The fraction of sp³-hybridized carbons (Fsp3) is 0.190. The molecule has 30 heavy (non-hydrogen) atoms. The predicted molar refractivity (Wildman–Crippen MR) is 115 cm³/mol. The maximum absolute atomic E-state index is 12.5. The van der Waals surface area contributed by atoms with Gasteiger partial charge in [0.25, 0.3) is 5.91 Å². The minimum atomic E-state index is -0.348. The molecule has 0 spiro atoms. The Balaban J connectivity index is 1.39. The molecule has 0 aliphatic carbocycles. The molecular formula is C21H19Cl2N5O2. The largest absolute Gasteiger partial charge is 0.454 e. The van der Waals surface area contributed by atoms with Crippen LogP contribution in [0.4, 0.5) is 5.69 Å². The van der Waals surface area contributed by atoms with Gasteiger partial charge in [-0.25, -0.2) is 0 Å². The maximum Gasteiger partial charge on any atom is 0.291 e. The van der Waals surface area contributed by atoms with Gasteiger partial charge in [-0.1, -0.05) is 35.3 Å². The summed E-state index contributed by atoms with van der Waals surface area (Å²) in [5.74, 6) is 0.475. The number of nitrogens with one attached hydrogen (secondary N) is 1. The molecule has 0 atom stereocenters. The minimum absolute atomic E-state index is 0.211.